The molecule has 0 radical (unpaired) electrons. The van der Waals surface area contributed by atoms with Crippen molar-refractivity contribution >= 4 is 10.0 Å². The van der Waals surface area contributed by atoms with Gasteiger partial charge in [0.25, 0.3) is 0 Å². The zero-order chi connectivity index (χ0) is 16.3. The summed E-state index contributed by atoms with van der Waals surface area (Å²) in [4.78, 5) is 0. The first kappa shape index (κ1) is 17.2. The molecule has 1 aliphatic rings. The molecule has 0 aliphatic carbocycles. The molecule has 1 N–H and O–H groups in total. The Kier molecular flexibility index (Phi) is 5.47. The summed E-state index contributed by atoms with van der Waals surface area (Å²) >= 11 is 0. The molecule has 1 saturated heterocycles. The maximum Gasteiger partial charge on any atom is 0.214 e. The second-order valence-electron chi connectivity index (χ2n) is 6.25. The van der Waals surface area contributed by atoms with E-state index in [2.05, 4.69) is 0 Å². The van der Waals surface area contributed by atoms with Gasteiger partial charge in [0, 0.05) is 6.54 Å². The zero-order valence-electron chi connectivity index (χ0n) is 13.4. The van der Waals surface area contributed by atoms with Crippen molar-refractivity contribution in [3.05, 3.63) is 29.8 Å². The Morgan fingerprint density at radius 3 is 2.77 bits per heavy atom. The maximum absolute atomic E-state index is 12.6. The summed E-state index contributed by atoms with van der Waals surface area (Å²) in [6, 6.07) is 7.08. The second kappa shape index (κ2) is 6.98. The van der Waals surface area contributed by atoms with Crippen molar-refractivity contribution in [3.63, 3.8) is 0 Å². The standard InChI is InChI=1S/C16H25NO4S/c1-12(2)7-8-22(19,20)17-11-14(18)10-16(17)13-5-4-6-15(9-13)21-3/h4-6,9,12,14,16,18H,7-8,10-11H2,1-3H3/t14-,16+/m0/s1. The lowest BCUT2D eigenvalue weighted by molar-refractivity contribution is 0.188. The van der Waals surface area contributed by atoms with Gasteiger partial charge < -0.3 is 9.84 Å². The van der Waals surface area contributed by atoms with Gasteiger partial charge in [-0.2, -0.15) is 4.31 Å². The lowest BCUT2D eigenvalue weighted by Crippen LogP contribution is -2.34. The van der Waals surface area contributed by atoms with Crippen LogP contribution in [0, 0.1) is 5.92 Å². The lowest BCUT2D eigenvalue weighted by Gasteiger charge is -2.24. The topological polar surface area (TPSA) is 66.8 Å². The molecule has 1 aromatic rings. The summed E-state index contributed by atoms with van der Waals surface area (Å²) < 4.78 is 31.9. The monoisotopic (exact) mass is 327 g/mol. The third-order valence-electron chi connectivity index (χ3n) is 4.02. The number of sulfonamides is 1. The molecule has 2 rings (SSSR count). The molecule has 1 heterocycles. The molecule has 6 heteroatoms. The smallest absolute Gasteiger partial charge is 0.214 e. The third-order valence-corrected chi connectivity index (χ3v) is 5.89. The van der Waals surface area contributed by atoms with Crippen LogP contribution in [0.15, 0.2) is 24.3 Å². The van der Waals surface area contributed by atoms with E-state index in [4.69, 9.17) is 4.74 Å². The van der Waals surface area contributed by atoms with Crippen molar-refractivity contribution < 1.29 is 18.3 Å². The van der Waals surface area contributed by atoms with E-state index in [9.17, 15) is 13.5 Å². The SMILES string of the molecule is COc1cccc([C@H]2C[C@H](O)CN2S(=O)(=O)CCC(C)C)c1. The van der Waals surface area contributed by atoms with Gasteiger partial charge in [0.2, 0.25) is 10.0 Å². The van der Waals surface area contributed by atoms with Crippen molar-refractivity contribution in [3.8, 4) is 5.75 Å². The molecule has 1 aromatic carbocycles. The van der Waals surface area contributed by atoms with Crippen molar-refractivity contribution in [1.82, 2.24) is 4.31 Å². The van der Waals surface area contributed by atoms with Crippen LogP contribution in [0.3, 0.4) is 0 Å². The van der Waals surface area contributed by atoms with E-state index in [0.717, 1.165) is 5.56 Å². The summed E-state index contributed by atoms with van der Waals surface area (Å²) in [6.07, 6.45) is 0.429. The van der Waals surface area contributed by atoms with E-state index in [1.807, 2.05) is 38.1 Å². The van der Waals surface area contributed by atoms with E-state index < -0.39 is 16.1 Å². The van der Waals surface area contributed by atoms with Crippen molar-refractivity contribution in [2.45, 2.75) is 38.8 Å². The number of nitrogens with zero attached hydrogens (tertiary/aromatic N) is 1. The van der Waals surface area contributed by atoms with Crippen molar-refractivity contribution in [2.24, 2.45) is 5.92 Å². The van der Waals surface area contributed by atoms with Gasteiger partial charge in [-0.3, -0.25) is 0 Å². The molecule has 2 atom stereocenters. The fourth-order valence-electron chi connectivity index (χ4n) is 2.75. The van der Waals surface area contributed by atoms with Crippen LogP contribution in [0.4, 0.5) is 0 Å². The van der Waals surface area contributed by atoms with Gasteiger partial charge in [0.05, 0.1) is 25.0 Å². The Morgan fingerprint density at radius 1 is 1.41 bits per heavy atom. The Hall–Kier alpha value is -1.11. The minimum absolute atomic E-state index is 0.123. The quantitative estimate of drug-likeness (QED) is 0.869. The van der Waals surface area contributed by atoms with Crippen LogP contribution >= 0.6 is 0 Å². The number of ether oxygens (including phenoxy) is 1. The first-order valence-electron chi connectivity index (χ1n) is 7.65. The van der Waals surface area contributed by atoms with E-state index in [0.29, 0.717) is 24.5 Å². The Bertz CT molecular complexity index is 600. The molecule has 124 valence electrons. The molecule has 0 aromatic heterocycles. The molecular formula is C16H25NO4S. The molecule has 22 heavy (non-hydrogen) atoms. The van der Waals surface area contributed by atoms with Crippen LogP contribution in [0.5, 0.6) is 5.75 Å². The average molecular weight is 327 g/mol. The summed E-state index contributed by atoms with van der Waals surface area (Å²) in [5.41, 5.74) is 0.865. The zero-order valence-corrected chi connectivity index (χ0v) is 14.2. The summed E-state index contributed by atoms with van der Waals surface area (Å²) in [7, 11) is -1.79. The first-order chi connectivity index (χ1) is 10.3. The molecule has 0 amide bonds. The van der Waals surface area contributed by atoms with Crippen LogP contribution in [-0.2, 0) is 10.0 Å². The highest BCUT2D eigenvalue weighted by molar-refractivity contribution is 7.89. The highest BCUT2D eigenvalue weighted by atomic mass is 32.2. The van der Waals surface area contributed by atoms with Gasteiger partial charge in [-0.1, -0.05) is 26.0 Å². The van der Waals surface area contributed by atoms with Gasteiger partial charge in [0.15, 0.2) is 0 Å². The summed E-state index contributed by atoms with van der Waals surface area (Å²) in [5, 5.41) is 9.96. The lowest BCUT2D eigenvalue weighted by atomic mass is 10.0. The highest BCUT2D eigenvalue weighted by Crippen LogP contribution is 2.36. The van der Waals surface area contributed by atoms with Gasteiger partial charge in [-0.05, 0) is 36.5 Å². The minimum atomic E-state index is -3.37. The fraction of sp³-hybridized carbons (Fsp3) is 0.625. The number of hydrogen-bond donors (Lipinski definition) is 1. The molecule has 0 bridgehead atoms. The number of aliphatic hydroxyl groups is 1. The molecule has 1 aliphatic heterocycles. The number of aliphatic hydroxyl groups excluding tert-OH is 1. The maximum atomic E-state index is 12.6. The number of methoxy groups -OCH3 is 1. The molecule has 1 fully saturated rings. The van der Waals surface area contributed by atoms with Crippen LogP contribution in [0.1, 0.15) is 38.3 Å². The number of benzene rings is 1. The second-order valence-corrected chi connectivity index (χ2v) is 8.29. The first-order valence-corrected chi connectivity index (χ1v) is 9.26. The van der Waals surface area contributed by atoms with Gasteiger partial charge >= 0.3 is 0 Å². The molecule has 5 nitrogen and oxygen atoms in total. The predicted molar refractivity (Wildman–Crippen MR) is 86.3 cm³/mol. The van der Waals surface area contributed by atoms with E-state index in [1.165, 1.54) is 4.31 Å². The number of β-amino-alcohol motifs (C(OH)–C–C–N with tert-alkyl or cyclic N) is 1. The van der Waals surface area contributed by atoms with E-state index in [-0.39, 0.29) is 18.3 Å². The van der Waals surface area contributed by atoms with Crippen molar-refractivity contribution in [1.29, 1.82) is 0 Å². The van der Waals surface area contributed by atoms with Gasteiger partial charge in [-0.15, -0.1) is 0 Å². The van der Waals surface area contributed by atoms with E-state index in [1.54, 1.807) is 7.11 Å². The largest absolute Gasteiger partial charge is 0.497 e. The highest BCUT2D eigenvalue weighted by Gasteiger charge is 2.39. The Morgan fingerprint density at radius 2 is 2.14 bits per heavy atom. The van der Waals surface area contributed by atoms with Crippen LogP contribution < -0.4 is 4.74 Å². The Balaban J connectivity index is 2.25. The summed E-state index contributed by atoms with van der Waals surface area (Å²) in [5.74, 6) is 1.15. The predicted octanol–water partition coefficient (Wildman–Crippen LogP) is 2.18. The molecule has 0 unspecified atom stereocenters. The van der Waals surface area contributed by atoms with Gasteiger partial charge in [0.1, 0.15) is 5.75 Å². The average Bonchev–Trinajstić information content (AvgIpc) is 2.88. The van der Waals surface area contributed by atoms with Crippen LogP contribution in [0.2, 0.25) is 0 Å². The number of rotatable bonds is 6. The van der Waals surface area contributed by atoms with Gasteiger partial charge in [-0.25, -0.2) is 8.42 Å². The Labute approximate surface area is 133 Å². The molecule has 0 saturated carbocycles. The minimum Gasteiger partial charge on any atom is -0.497 e. The normalized spacial score (nSPS) is 23.1. The van der Waals surface area contributed by atoms with Crippen LogP contribution in [0.25, 0.3) is 0 Å². The number of hydrogen-bond acceptors (Lipinski definition) is 4. The summed E-state index contributed by atoms with van der Waals surface area (Å²) in [6.45, 7) is 4.18. The van der Waals surface area contributed by atoms with Crippen molar-refractivity contribution in [2.75, 3.05) is 19.4 Å². The van der Waals surface area contributed by atoms with E-state index >= 15 is 0 Å². The fourth-order valence-corrected chi connectivity index (χ4v) is 4.74. The van der Waals surface area contributed by atoms with Crippen LogP contribution in [-0.4, -0.2) is 43.3 Å². The molecule has 0 spiro atoms. The third kappa shape index (κ3) is 4.00. The molecular weight excluding hydrogens is 302 g/mol.